The highest BCUT2D eigenvalue weighted by Crippen LogP contribution is 2.13. The molecule has 126 valence electrons. The molecule has 2 N–H and O–H groups in total. The van der Waals surface area contributed by atoms with Crippen LogP contribution < -0.4 is 10.6 Å². The van der Waals surface area contributed by atoms with E-state index in [0.717, 1.165) is 43.7 Å². The molecule has 1 aliphatic rings. The van der Waals surface area contributed by atoms with Gasteiger partial charge in [0.2, 0.25) is 0 Å². The van der Waals surface area contributed by atoms with Gasteiger partial charge < -0.3 is 15.5 Å². The number of likely N-dealkylation sites (tertiary alicyclic amines) is 1. The Bertz CT molecular complexity index is 699. The van der Waals surface area contributed by atoms with Crippen molar-refractivity contribution < 1.29 is 4.79 Å². The molecule has 2 aromatic rings. The number of anilines is 2. The predicted molar refractivity (Wildman–Crippen MR) is 93.1 cm³/mol. The zero-order chi connectivity index (χ0) is 16.8. The number of aryl methyl sites for hydroxylation is 1. The molecule has 1 amide bonds. The van der Waals surface area contributed by atoms with Crippen molar-refractivity contribution in [2.24, 2.45) is 0 Å². The van der Waals surface area contributed by atoms with Gasteiger partial charge in [-0.2, -0.15) is 0 Å². The number of rotatable bonds is 6. The molecule has 0 unspecified atom stereocenters. The van der Waals surface area contributed by atoms with Crippen LogP contribution in [0.5, 0.6) is 0 Å². The van der Waals surface area contributed by atoms with Crippen molar-refractivity contribution in [1.82, 2.24) is 19.9 Å². The first-order valence-corrected chi connectivity index (χ1v) is 8.24. The van der Waals surface area contributed by atoms with E-state index < -0.39 is 0 Å². The van der Waals surface area contributed by atoms with E-state index in [4.69, 9.17) is 0 Å². The molecule has 7 nitrogen and oxygen atoms in total. The van der Waals surface area contributed by atoms with Crippen LogP contribution in [-0.4, -0.2) is 51.9 Å². The van der Waals surface area contributed by atoms with Crippen molar-refractivity contribution in [3.05, 3.63) is 42.1 Å². The standard InChI is InChI=1S/C17H22N6O/c1-13-10-18-5-4-14(13)20-6-7-21-16-12-19-11-15(22-16)17(24)23-8-2-3-9-23/h4-5,10-12H,2-3,6-9H2,1H3,(H,18,20)(H,21,22). The molecule has 3 rings (SSSR count). The van der Waals surface area contributed by atoms with E-state index in [2.05, 4.69) is 25.6 Å². The number of carbonyl (C=O) groups excluding carboxylic acids is 1. The number of pyridine rings is 1. The SMILES string of the molecule is Cc1cnccc1NCCNc1cncc(C(=O)N2CCCC2)n1. The molecule has 0 atom stereocenters. The monoisotopic (exact) mass is 326 g/mol. The van der Waals surface area contributed by atoms with Crippen LogP contribution in [0, 0.1) is 6.92 Å². The normalized spacial score (nSPS) is 13.8. The van der Waals surface area contributed by atoms with E-state index in [1.807, 2.05) is 24.1 Å². The molecule has 1 saturated heterocycles. The van der Waals surface area contributed by atoms with Crippen LogP contribution in [0.2, 0.25) is 0 Å². The van der Waals surface area contributed by atoms with Crippen LogP contribution in [0.25, 0.3) is 0 Å². The largest absolute Gasteiger partial charge is 0.383 e. The van der Waals surface area contributed by atoms with Crippen LogP contribution in [0.3, 0.4) is 0 Å². The summed E-state index contributed by atoms with van der Waals surface area (Å²) in [6.07, 6.45) is 8.90. The number of hydrogen-bond acceptors (Lipinski definition) is 6. The number of hydrogen-bond donors (Lipinski definition) is 2. The van der Waals surface area contributed by atoms with Gasteiger partial charge in [0.05, 0.1) is 12.4 Å². The summed E-state index contributed by atoms with van der Waals surface area (Å²) in [7, 11) is 0. The second-order valence-electron chi connectivity index (χ2n) is 5.83. The Hall–Kier alpha value is -2.70. The minimum absolute atomic E-state index is 0.0332. The second kappa shape index (κ2) is 7.72. The van der Waals surface area contributed by atoms with Gasteiger partial charge in [0.1, 0.15) is 11.5 Å². The molecule has 7 heteroatoms. The van der Waals surface area contributed by atoms with E-state index in [1.54, 1.807) is 12.4 Å². The summed E-state index contributed by atoms with van der Waals surface area (Å²) in [6.45, 7) is 5.05. The number of carbonyl (C=O) groups is 1. The molecule has 0 aromatic carbocycles. The zero-order valence-electron chi connectivity index (χ0n) is 13.8. The van der Waals surface area contributed by atoms with Gasteiger partial charge in [-0.15, -0.1) is 0 Å². The molecular weight excluding hydrogens is 304 g/mol. The number of amides is 1. The van der Waals surface area contributed by atoms with Crippen molar-refractivity contribution in [1.29, 1.82) is 0 Å². The summed E-state index contributed by atoms with van der Waals surface area (Å²) in [5.74, 6) is 0.586. The molecule has 0 aliphatic carbocycles. The molecule has 24 heavy (non-hydrogen) atoms. The molecule has 1 fully saturated rings. The van der Waals surface area contributed by atoms with Crippen LogP contribution in [0.4, 0.5) is 11.5 Å². The third kappa shape index (κ3) is 3.98. The summed E-state index contributed by atoms with van der Waals surface area (Å²) in [4.78, 5) is 26.7. The van der Waals surface area contributed by atoms with Gasteiger partial charge in [-0.1, -0.05) is 0 Å². The zero-order valence-corrected chi connectivity index (χ0v) is 13.8. The van der Waals surface area contributed by atoms with Gasteiger partial charge >= 0.3 is 0 Å². The highest BCUT2D eigenvalue weighted by Gasteiger charge is 2.20. The lowest BCUT2D eigenvalue weighted by atomic mass is 10.2. The summed E-state index contributed by atoms with van der Waals surface area (Å²) in [6, 6.07) is 1.95. The number of nitrogens with one attached hydrogen (secondary N) is 2. The fourth-order valence-electron chi connectivity index (χ4n) is 2.70. The van der Waals surface area contributed by atoms with Crippen molar-refractivity contribution in [3.63, 3.8) is 0 Å². The first-order chi connectivity index (χ1) is 11.7. The molecule has 0 radical (unpaired) electrons. The lowest BCUT2D eigenvalue weighted by molar-refractivity contribution is 0.0786. The third-order valence-electron chi connectivity index (χ3n) is 4.01. The fraction of sp³-hybridized carbons (Fsp3) is 0.412. The quantitative estimate of drug-likeness (QED) is 0.790. The maximum Gasteiger partial charge on any atom is 0.274 e. The van der Waals surface area contributed by atoms with Gasteiger partial charge in [0.25, 0.3) is 5.91 Å². The van der Waals surface area contributed by atoms with Gasteiger partial charge in [-0.25, -0.2) is 4.98 Å². The first kappa shape index (κ1) is 16.2. The van der Waals surface area contributed by atoms with Crippen molar-refractivity contribution in [2.45, 2.75) is 19.8 Å². The Morgan fingerprint density at radius 2 is 1.92 bits per heavy atom. The van der Waals surface area contributed by atoms with E-state index in [1.165, 1.54) is 6.20 Å². The molecular formula is C17H22N6O. The average molecular weight is 326 g/mol. The molecule has 0 bridgehead atoms. The second-order valence-corrected chi connectivity index (χ2v) is 5.83. The first-order valence-electron chi connectivity index (χ1n) is 8.24. The van der Waals surface area contributed by atoms with Gasteiger partial charge in [-0.05, 0) is 31.4 Å². The van der Waals surface area contributed by atoms with Crippen LogP contribution in [0.15, 0.2) is 30.9 Å². The lowest BCUT2D eigenvalue weighted by Gasteiger charge is -2.15. The summed E-state index contributed by atoms with van der Waals surface area (Å²) in [5.41, 5.74) is 2.58. The molecule has 0 saturated carbocycles. The lowest BCUT2D eigenvalue weighted by Crippen LogP contribution is -2.28. The molecule has 0 spiro atoms. The minimum Gasteiger partial charge on any atom is -0.383 e. The van der Waals surface area contributed by atoms with Gasteiger partial charge in [0, 0.05) is 44.3 Å². The smallest absolute Gasteiger partial charge is 0.274 e. The van der Waals surface area contributed by atoms with E-state index in [-0.39, 0.29) is 5.91 Å². The maximum absolute atomic E-state index is 12.3. The van der Waals surface area contributed by atoms with Crippen molar-refractivity contribution >= 4 is 17.4 Å². The van der Waals surface area contributed by atoms with Gasteiger partial charge in [0.15, 0.2) is 0 Å². The minimum atomic E-state index is -0.0332. The summed E-state index contributed by atoms with van der Waals surface area (Å²) in [5, 5.41) is 6.54. The number of nitrogens with zero attached hydrogens (tertiary/aromatic N) is 4. The Balaban J connectivity index is 1.51. The van der Waals surface area contributed by atoms with Gasteiger partial charge in [-0.3, -0.25) is 14.8 Å². The average Bonchev–Trinajstić information content (AvgIpc) is 3.14. The Morgan fingerprint density at radius 3 is 2.71 bits per heavy atom. The van der Waals surface area contributed by atoms with E-state index in [9.17, 15) is 4.79 Å². The van der Waals surface area contributed by atoms with Crippen LogP contribution in [0.1, 0.15) is 28.9 Å². The Kier molecular flexibility index (Phi) is 5.20. The fourth-order valence-corrected chi connectivity index (χ4v) is 2.70. The third-order valence-corrected chi connectivity index (χ3v) is 4.01. The number of aromatic nitrogens is 3. The summed E-state index contributed by atoms with van der Waals surface area (Å²) >= 11 is 0. The maximum atomic E-state index is 12.3. The highest BCUT2D eigenvalue weighted by molar-refractivity contribution is 5.92. The van der Waals surface area contributed by atoms with Crippen LogP contribution in [-0.2, 0) is 0 Å². The highest BCUT2D eigenvalue weighted by atomic mass is 16.2. The summed E-state index contributed by atoms with van der Waals surface area (Å²) < 4.78 is 0. The van der Waals surface area contributed by atoms with Crippen molar-refractivity contribution in [2.75, 3.05) is 36.8 Å². The molecule has 1 aliphatic heterocycles. The van der Waals surface area contributed by atoms with Crippen LogP contribution >= 0.6 is 0 Å². The van der Waals surface area contributed by atoms with Crippen molar-refractivity contribution in [3.8, 4) is 0 Å². The molecule has 2 aromatic heterocycles. The Morgan fingerprint density at radius 1 is 1.12 bits per heavy atom. The van der Waals surface area contributed by atoms with E-state index in [0.29, 0.717) is 18.1 Å². The topological polar surface area (TPSA) is 83.0 Å². The predicted octanol–water partition coefficient (Wildman–Crippen LogP) is 1.94. The van der Waals surface area contributed by atoms with E-state index >= 15 is 0 Å². The molecule has 3 heterocycles. The Labute approximate surface area is 141 Å².